The summed E-state index contributed by atoms with van der Waals surface area (Å²) in [7, 11) is 0. The van der Waals surface area contributed by atoms with Gasteiger partial charge in [-0.1, -0.05) is 27.7 Å². The molecule has 9 aliphatic rings. The van der Waals surface area contributed by atoms with Crippen molar-refractivity contribution in [1.29, 1.82) is 0 Å². The summed E-state index contributed by atoms with van der Waals surface area (Å²) in [5, 5.41) is 149. The molecule has 32 atom stereocenters. The molecule has 0 aromatic rings. The topological polar surface area (TPSA) is 366 Å². The standard InChI is InChI=1S/C51H86O23/c1-20(19-66-45-39(61)37(59)34(56)29(16-52)69-45)8-13-51(65)21(2)32-28(74-51)15-27-25-7-6-23-14-24(9-11-49(23,4)26(25)10-12-50(27,32)5)68-48-44(73-47-41(63)38(60)35(57)30(17-53)70-47)42(64)43(31(18-54)71-48)72-46-40(62)36(58)33(55)22(3)67-46/h20-48,52-65H,6-19H2,1-5H3/t20-,21-,22-,23+,24-,25+,26-,27-,28-,29+,30+,31+,32-,33-,34-,35-,36+,37-,38-,39+,40+,41+,42-,43-,44+,45+,46-,47-,48+,49-,50-,51+/m0/s1. The molecule has 4 saturated carbocycles. The number of aliphatic hydroxyl groups is 14. The molecule has 428 valence electrons. The Kier molecular flexibility index (Phi) is 17.6. The highest BCUT2D eigenvalue weighted by atomic mass is 16.8. The average Bonchev–Trinajstić information content (AvgIpc) is 3.82. The second-order valence-corrected chi connectivity index (χ2v) is 24.3. The highest BCUT2D eigenvalue weighted by Crippen LogP contribution is 2.71. The van der Waals surface area contributed by atoms with Crippen molar-refractivity contribution in [3.8, 4) is 0 Å². The Labute approximate surface area is 431 Å². The van der Waals surface area contributed by atoms with Crippen molar-refractivity contribution in [2.75, 3.05) is 26.4 Å². The number of ether oxygens (including phenoxy) is 9. The molecule has 5 aliphatic heterocycles. The van der Waals surface area contributed by atoms with Gasteiger partial charge in [-0.25, -0.2) is 0 Å². The Morgan fingerprint density at radius 1 is 0.554 bits per heavy atom. The molecule has 0 spiro atoms. The summed E-state index contributed by atoms with van der Waals surface area (Å²) in [6.07, 6.45) is -22.8. The van der Waals surface area contributed by atoms with Crippen LogP contribution in [0.2, 0.25) is 0 Å². The molecule has 0 bridgehead atoms. The van der Waals surface area contributed by atoms with Crippen LogP contribution in [0.3, 0.4) is 0 Å². The molecule has 14 N–H and O–H groups in total. The fourth-order valence-corrected chi connectivity index (χ4v) is 15.6. The summed E-state index contributed by atoms with van der Waals surface area (Å²) in [6, 6.07) is 0. The van der Waals surface area contributed by atoms with Crippen molar-refractivity contribution in [2.24, 2.45) is 52.3 Å². The lowest BCUT2D eigenvalue weighted by Crippen LogP contribution is -2.67. The molecule has 0 unspecified atom stereocenters. The smallest absolute Gasteiger partial charge is 0.187 e. The van der Waals surface area contributed by atoms with E-state index in [1.165, 1.54) is 6.92 Å². The van der Waals surface area contributed by atoms with Gasteiger partial charge in [0, 0.05) is 12.3 Å². The molecule has 0 amide bonds. The average molecular weight is 1070 g/mol. The number of rotatable bonds is 15. The van der Waals surface area contributed by atoms with Crippen LogP contribution in [-0.4, -0.2) is 239 Å². The quantitative estimate of drug-likeness (QED) is 0.0730. The summed E-state index contributed by atoms with van der Waals surface area (Å²) in [5.41, 5.74) is -0.0673. The monoisotopic (exact) mass is 1070 g/mol. The molecule has 23 nitrogen and oxygen atoms in total. The molecular weight excluding hydrogens is 981 g/mol. The Balaban J connectivity index is 0.835. The van der Waals surface area contributed by atoms with E-state index in [4.69, 9.17) is 42.6 Å². The minimum Gasteiger partial charge on any atom is -0.394 e. The van der Waals surface area contributed by atoms with Gasteiger partial charge in [0.05, 0.1) is 44.7 Å². The van der Waals surface area contributed by atoms with Crippen molar-refractivity contribution >= 4 is 0 Å². The fraction of sp³-hybridized carbons (Fsp3) is 1.00. The fourth-order valence-electron chi connectivity index (χ4n) is 15.6. The second-order valence-electron chi connectivity index (χ2n) is 24.3. The Morgan fingerprint density at radius 2 is 1.12 bits per heavy atom. The van der Waals surface area contributed by atoms with Gasteiger partial charge in [-0.15, -0.1) is 0 Å². The van der Waals surface area contributed by atoms with Gasteiger partial charge >= 0.3 is 0 Å². The third-order valence-electron chi connectivity index (χ3n) is 20.1. The maximum Gasteiger partial charge on any atom is 0.187 e. The summed E-state index contributed by atoms with van der Waals surface area (Å²) < 4.78 is 54.5. The molecule has 9 rings (SSSR count). The molecule has 5 saturated heterocycles. The van der Waals surface area contributed by atoms with Gasteiger partial charge in [0.15, 0.2) is 30.9 Å². The van der Waals surface area contributed by atoms with Crippen LogP contribution in [-0.2, 0) is 42.6 Å². The van der Waals surface area contributed by atoms with E-state index in [2.05, 4.69) is 20.8 Å². The van der Waals surface area contributed by atoms with Crippen molar-refractivity contribution in [3.05, 3.63) is 0 Å². The minimum atomic E-state index is -1.85. The van der Waals surface area contributed by atoms with E-state index < -0.39 is 155 Å². The van der Waals surface area contributed by atoms with E-state index in [9.17, 15) is 71.5 Å². The lowest BCUT2D eigenvalue weighted by molar-refractivity contribution is -0.391. The van der Waals surface area contributed by atoms with Gasteiger partial charge in [0.2, 0.25) is 0 Å². The van der Waals surface area contributed by atoms with Crippen LogP contribution in [0.25, 0.3) is 0 Å². The lowest BCUT2D eigenvalue weighted by Gasteiger charge is -2.61. The van der Waals surface area contributed by atoms with Crippen molar-refractivity contribution < 1.29 is 114 Å². The van der Waals surface area contributed by atoms with Gasteiger partial charge < -0.3 is 114 Å². The first-order valence-electron chi connectivity index (χ1n) is 27.2. The molecular formula is C51H86O23. The van der Waals surface area contributed by atoms with E-state index in [1.54, 1.807) is 0 Å². The molecule has 0 aromatic carbocycles. The van der Waals surface area contributed by atoms with Gasteiger partial charge in [0.1, 0.15) is 91.6 Å². The van der Waals surface area contributed by atoms with E-state index >= 15 is 0 Å². The van der Waals surface area contributed by atoms with Crippen LogP contribution in [0.15, 0.2) is 0 Å². The van der Waals surface area contributed by atoms with Crippen LogP contribution in [0.4, 0.5) is 0 Å². The summed E-state index contributed by atoms with van der Waals surface area (Å²) in [4.78, 5) is 0. The molecule has 74 heavy (non-hydrogen) atoms. The third kappa shape index (κ3) is 10.3. The van der Waals surface area contributed by atoms with E-state index in [0.717, 1.165) is 38.5 Å². The van der Waals surface area contributed by atoms with Crippen molar-refractivity contribution in [1.82, 2.24) is 0 Å². The van der Waals surface area contributed by atoms with Gasteiger partial charge in [-0.2, -0.15) is 0 Å². The van der Waals surface area contributed by atoms with Gasteiger partial charge in [-0.3, -0.25) is 0 Å². The molecule has 0 radical (unpaired) electrons. The van der Waals surface area contributed by atoms with Crippen LogP contribution < -0.4 is 0 Å². The zero-order valence-electron chi connectivity index (χ0n) is 43.1. The van der Waals surface area contributed by atoms with E-state index in [1.807, 2.05) is 6.92 Å². The van der Waals surface area contributed by atoms with Crippen LogP contribution >= 0.6 is 0 Å². The van der Waals surface area contributed by atoms with Crippen LogP contribution in [0.5, 0.6) is 0 Å². The highest BCUT2D eigenvalue weighted by Gasteiger charge is 2.68. The second kappa shape index (κ2) is 22.6. The largest absolute Gasteiger partial charge is 0.394 e. The summed E-state index contributed by atoms with van der Waals surface area (Å²) >= 11 is 0. The summed E-state index contributed by atoms with van der Waals surface area (Å²) in [6.45, 7) is 8.47. The van der Waals surface area contributed by atoms with E-state index in [0.29, 0.717) is 43.4 Å². The number of fused-ring (bicyclic) bond motifs is 7. The minimum absolute atomic E-state index is 0.0231. The van der Waals surface area contributed by atoms with E-state index in [-0.39, 0.29) is 47.2 Å². The molecule has 23 heteroatoms. The normalized spacial score (nSPS) is 56.0. The SMILES string of the molecule is C[C@@H](CC[C@@]1(O)O[C@H]2C[C@H]3[C@@H]4CC[C@@H]5C[C@@H](O[C@@H]6O[C@H](CO)[C@H](O[C@@H]7O[C@@H](C)[C@H](O)[C@@H](O)[C@H]7O)[C@H](O)[C@H]6O[C@@H]6O[C@H](CO)[C@H](O)[C@H](O)[C@H]6O)CC[C@]5(C)[C@H]4CC[C@]3(C)[C@H]2[C@@H]1C)CO[C@@H]1O[C@H](CO)[C@H](O)[C@H](O)[C@H]1O. The van der Waals surface area contributed by atoms with Crippen LogP contribution in [0.1, 0.15) is 98.8 Å². The lowest BCUT2D eigenvalue weighted by atomic mass is 9.44. The van der Waals surface area contributed by atoms with Gasteiger partial charge in [0.25, 0.3) is 0 Å². The third-order valence-corrected chi connectivity index (χ3v) is 20.1. The maximum absolute atomic E-state index is 12.1. The Hall–Kier alpha value is -0.920. The molecule has 5 heterocycles. The Morgan fingerprint density at radius 3 is 1.77 bits per heavy atom. The summed E-state index contributed by atoms with van der Waals surface area (Å²) in [5.74, 6) is 0.175. The number of hydrogen-bond acceptors (Lipinski definition) is 23. The molecule has 0 aromatic heterocycles. The zero-order chi connectivity index (χ0) is 53.5. The molecule has 4 aliphatic carbocycles. The van der Waals surface area contributed by atoms with Gasteiger partial charge in [-0.05, 0) is 111 Å². The first kappa shape index (κ1) is 57.8. The molecule has 9 fully saturated rings. The Bertz CT molecular complexity index is 1850. The highest BCUT2D eigenvalue weighted by molar-refractivity contribution is 5.15. The maximum atomic E-state index is 12.1. The van der Waals surface area contributed by atoms with Crippen molar-refractivity contribution in [2.45, 2.75) is 240 Å². The number of aliphatic hydroxyl groups excluding tert-OH is 13. The first-order valence-corrected chi connectivity index (χ1v) is 27.2. The van der Waals surface area contributed by atoms with Crippen molar-refractivity contribution in [3.63, 3.8) is 0 Å². The predicted molar refractivity (Wildman–Crippen MR) is 250 cm³/mol. The van der Waals surface area contributed by atoms with Crippen LogP contribution in [0, 0.1) is 52.3 Å². The first-order chi connectivity index (χ1) is 35.0. The zero-order valence-corrected chi connectivity index (χ0v) is 43.1. The predicted octanol–water partition coefficient (Wildman–Crippen LogP) is -2.93. The number of hydrogen-bond donors (Lipinski definition) is 14.